The minimum Gasteiger partial charge on any atom is -0.354 e. The number of nitrogens with one attached hydrogen (secondary N) is 1. The molecule has 0 spiro atoms. The third-order valence-electron chi connectivity index (χ3n) is 6.04. The second-order valence-electron chi connectivity index (χ2n) is 9.81. The van der Waals surface area contributed by atoms with E-state index in [0.29, 0.717) is 28.6 Å². The quantitative estimate of drug-likeness (QED) is 0.290. The summed E-state index contributed by atoms with van der Waals surface area (Å²) in [6, 6.07) is 7.96. The van der Waals surface area contributed by atoms with Gasteiger partial charge in [-0.25, -0.2) is 8.42 Å². The molecular formula is C27H34Cl2F3N3O4S. The van der Waals surface area contributed by atoms with E-state index in [2.05, 4.69) is 5.32 Å². The fourth-order valence-corrected chi connectivity index (χ4v) is 5.44. The fourth-order valence-electron chi connectivity index (χ4n) is 4.02. The summed E-state index contributed by atoms with van der Waals surface area (Å²) in [5.74, 6) is -0.583. The molecule has 0 saturated heterocycles. The van der Waals surface area contributed by atoms with Crippen LogP contribution in [0.1, 0.15) is 51.2 Å². The number of rotatable bonds is 13. The van der Waals surface area contributed by atoms with Crippen molar-refractivity contribution < 1.29 is 31.2 Å². The molecule has 1 unspecified atom stereocenters. The van der Waals surface area contributed by atoms with Gasteiger partial charge in [0, 0.05) is 36.1 Å². The predicted octanol–water partition coefficient (Wildman–Crippen LogP) is 6.14. The third-order valence-corrected chi connectivity index (χ3v) is 7.82. The van der Waals surface area contributed by atoms with Crippen LogP contribution in [-0.4, -0.2) is 50.5 Å². The van der Waals surface area contributed by atoms with Crippen LogP contribution in [0.25, 0.3) is 0 Å². The molecule has 2 rings (SSSR count). The van der Waals surface area contributed by atoms with E-state index in [0.717, 1.165) is 28.8 Å². The molecule has 2 aromatic carbocycles. The van der Waals surface area contributed by atoms with Gasteiger partial charge >= 0.3 is 6.18 Å². The van der Waals surface area contributed by atoms with Gasteiger partial charge in [0.2, 0.25) is 21.8 Å². The normalized spacial score (nSPS) is 12.8. The Hall–Kier alpha value is -2.50. The number of benzene rings is 2. The molecular weight excluding hydrogens is 590 g/mol. The van der Waals surface area contributed by atoms with Crippen LogP contribution < -0.4 is 9.62 Å². The van der Waals surface area contributed by atoms with E-state index < -0.39 is 33.7 Å². The molecule has 0 bridgehead atoms. The number of anilines is 1. The van der Waals surface area contributed by atoms with Crippen LogP contribution in [0, 0.1) is 5.92 Å². The molecule has 2 aromatic rings. The lowest BCUT2D eigenvalue weighted by Gasteiger charge is -2.31. The van der Waals surface area contributed by atoms with Crippen molar-refractivity contribution in [2.24, 2.45) is 5.92 Å². The lowest BCUT2D eigenvalue weighted by Crippen LogP contribution is -2.49. The van der Waals surface area contributed by atoms with Gasteiger partial charge in [0.25, 0.3) is 0 Å². The number of hydrogen-bond acceptors (Lipinski definition) is 4. The zero-order chi connectivity index (χ0) is 30.3. The SMILES string of the molecule is CCC(C(=O)NCC(C)C)N(Cc1ccc(Cl)cc1Cl)C(=O)CCCN(c1cccc(C(F)(F)F)c1)S(C)(=O)=O. The number of carbonyl (C=O) groups is 2. The highest BCUT2D eigenvalue weighted by atomic mass is 35.5. The maximum absolute atomic E-state index is 13.5. The van der Waals surface area contributed by atoms with Gasteiger partial charge in [-0.15, -0.1) is 0 Å². The first-order valence-corrected chi connectivity index (χ1v) is 15.3. The molecule has 0 aliphatic heterocycles. The van der Waals surface area contributed by atoms with Crippen LogP contribution in [0.15, 0.2) is 42.5 Å². The van der Waals surface area contributed by atoms with Gasteiger partial charge in [-0.2, -0.15) is 13.2 Å². The van der Waals surface area contributed by atoms with Crippen molar-refractivity contribution in [1.29, 1.82) is 0 Å². The van der Waals surface area contributed by atoms with E-state index in [1.54, 1.807) is 19.1 Å². The highest BCUT2D eigenvalue weighted by Crippen LogP contribution is 2.32. The molecule has 0 aliphatic carbocycles. The molecule has 0 heterocycles. The van der Waals surface area contributed by atoms with E-state index in [9.17, 15) is 31.2 Å². The van der Waals surface area contributed by atoms with E-state index in [-0.39, 0.29) is 43.4 Å². The van der Waals surface area contributed by atoms with Crippen LogP contribution >= 0.6 is 23.2 Å². The molecule has 0 radical (unpaired) electrons. The number of hydrogen-bond donors (Lipinski definition) is 1. The Morgan fingerprint density at radius 2 is 1.75 bits per heavy atom. The average molecular weight is 625 g/mol. The van der Waals surface area contributed by atoms with E-state index >= 15 is 0 Å². The topological polar surface area (TPSA) is 86.8 Å². The lowest BCUT2D eigenvalue weighted by molar-refractivity contribution is -0.141. The van der Waals surface area contributed by atoms with Gasteiger partial charge in [-0.05, 0) is 54.7 Å². The Morgan fingerprint density at radius 1 is 1.07 bits per heavy atom. The van der Waals surface area contributed by atoms with Crippen LogP contribution in [0.5, 0.6) is 0 Å². The Morgan fingerprint density at radius 3 is 2.30 bits per heavy atom. The summed E-state index contributed by atoms with van der Waals surface area (Å²) in [4.78, 5) is 27.9. The molecule has 1 N–H and O–H groups in total. The van der Waals surface area contributed by atoms with Crippen molar-refractivity contribution in [1.82, 2.24) is 10.2 Å². The molecule has 222 valence electrons. The largest absolute Gasteiger partial charge is 0.416 e. The second-order valence-corrected chi connectivity index (χ2v) is 12.6. The van der Waals surface area contributed by atoms with Gasteiger partial charge < -0.3 is 10.2 Å². The Balaban J connectivity index is 2.29. The first kappa shape index (κ1) is 33.7. The van der Waals surface area contributed by atoms with Crippen molar-refractivity contribution in [2.75, 3.05) is 23.7 Å². The average Bonchev–Trinajstić information content (AvgIpc) is 2.85. The second kappa shape index (κ2) is 14.4. The summed E-state index contributed by atoms with van der Waals surface area (Å²) in [6.07, 6.45) is -3.62. The van der Waals surface area contributed by atoms with Gasteiger partial charge in [0.15, 0.2) is 0 Å². The van der Waals surface area contributed by atoms with Crippen molar-refractivity contribution in [3.8, 4) is 0 Å². The molecule has 7 nitrogen and oxygen atoms in total. The maximum atomic E-state index is 13.5. The van der Waals surface area contributed by atoms with E-state index in [4.69, 9.17) is 23.2 Å². The molecule has 0 aliphatic rings. The van der Waals surface area contributed by atoms with Gasteiger partial charge in [0.1, 0.15) is 6.04 Å². The number of sulfonamides is 1. The molecule has 0 saturated carbocycles. The number of amides is 2. The summed E-state index contributed by atoms with van der Waals surface area (Å²) < 4.78 is 65.4. The zero-order valence-electron chi connectivity index (χ0n) is 22.8. The Labute approximate surface area is 243 Å². The summed E-state index contributed by atoms with van der Waals surface area (Å²) in [7, 11) is -3.96. The number of halogens is 5. The monoisotopic (exact) mass is 623 g/mol. The lowest BCUT2D eigenvalue weighted by atomic mass is 10.1. The van der Waals surface area contributed by atoms with Crippen molar-refractivity contribution in [3.63, 3.8) is 0 Å². The van der Waals surface area contributed by atoms with Gasteiger partial charge in [-0.3, -0.25) is 13.9 Å². The first-order valence-electron chi connectivity index (χ1n) is 12.7. The fraction of sp³-hybridized carbons (Fsp3) is 0.481. The molecule has 13 heteroatoms. The zero-order valence-corrected chi connectivity index (χ0v) is 25.1. The first-order chi connectivity index (χ1) is 18.5. The predicted molar refractivity (Wildman–Crippen MR) is 152 cm³/mol. The molecule has 0 aromatic heterocycles. The smallest absolute Gasteiger partial charge is 0.354 e. The number of nitrogens with zero attached hydrogens (tertiary/aromatic N) is 2. The van der Waals surface area contributed by atoms with E-state index in [1.165, 1.54) is 17.0 Å². The summed E-state index contributed by atoms with van der Waals surface area (Å²) in [6.45, 7) is 5.83. The molecule has 0 fully saturated rings. The highest BCUT2D eigenvalue weighted by molar-refractivity contribution is 7.92. The number of carbonyl (C=O) groups excluding carboxylic acids is 2. The standard InChI is InChI=1S/C27H34Cl2F3N3O4S/c1-5-24(26(37)33-16-18(2)3)34(17-19-11-12-21(28)15-23(19)29)25(36)10-7-13-35(40(4,38)39)22-9-6-8-20(14-22)27(30,31)32/h6,8-9,11-12,14-15,18,24H,5,7,10,13,16-17H2,1-4H3,(H,33,37). The van der Waals surface area contributed by atoms with Crippen LogP contribution in [0.2, 0.25) is 10.0 Å². The summed E-state index contributed by atoms with van der Waals surface area (Å²) >= 11 is 12.3. The molecule has 40 heavy (non-hydrogen) atoms. The highest BCUT2D eigenvalue weighted by Gasteiger charge is 2.32. The summed E-state index contributed by atoms with van der Waals surface area (Å²) in [5.41, 5.74) is -0.579. The minimum absolute atomic E-state index is 0.00293. The minimum atomic E-state index is -4.65. The van der Waals surface area contributed by atoms with Crippen LogP contribution in [0.3, 0.4) is 0 Å². The molecule has 1 atom stereocenters. The summed E-state index contributed by atoms with van der Waals surface area (Å²) in [5, 5.41) is 3.57. The van der Waals surface area contributed by atoms with Gasteiger partial charge in [-0.1, -0.05) is 56.1 Å². The van der Waals surface area contributed by atoms with E-state index in [1.807, 2.05) is 13.8 Å². The van der Waals surface area contributed by atoms with Crippen molar-refractivity contribution in [2.45, 2.75) is 58.8 Å². The molecule has 2 amide bonds. The third kappa shape index (κ3) is 9.85. The Kier molecular flexibility index (Phi) is 12.1. The maximum Gasteiger partial charge on any atom is 0.416 e. The van der Waals surface area contributed by atoms with Crippen molar-refractivity contribution >= 4 is 50.7 Å². The Bertz CT molecular complexity index is 1290. The van der Waals surface area contributed by atoms with Crippen LogP contribution in [0.4, 0.5) is 18.9 Å². The number of alkyl halides is 3. The van der Waals surface area contributed by atoms with Crippen molar-refractivity contribution in [3.05, 3.63) is 63.6 Å². The van der Waals surface area contributed by atoms with Gasteiger partial charge in [0.05, 0.1) is 17.5 Å². The van der Waals surface area contributed by atoms with Crippen LogP contribution in [-0.2, 0) is 32.3 Å².